The highest BCUT2D eigenvalue weighted by Gasteiger charge is 2.27. The molecule has 0 saturated carbocycles. The standard InChI is InChI=1S/C15H21NO2S/c1-2-18-14-5-3-12(4-6-14)7-8-16-10-13(11-19)9-15(16)17/h3-6,13,19H,2,7-11H2,1H3. The minimum absolute atomic E-state index is 0.269. The smallest absolute Gasteiger partial charge is 0.222 e. The lowest BCUT2D eigenvalue weighted by molar-refractivity contribution is -0.127. The molecular weight excluding hydrogens is 258 g/mol. The number of hydrogen-bond acceptors (Lipinski definition) is 3. The number of amides is 1. The lowest BCUT2D eigenvalue weighted by Crippen LogP contribution is -2.27. The molecular formula is C15H21NO2S. The number of thiol groups is 1. The van der Waals surface area contributed by atoms with Gasteiger partial charge >= 0.3 is 0 Å². The van der Waals surface area contributed by atoms with Gasteiger partial charge in [-0.3, -0.25) is 4.79 Å². The van der Waals surface area contributed by atoms with E-state index in [0.29, 0.717) is 18.9 Å². The van der Waals surface area contributed by atoms with E-state index in [9.17, 15) is 4.79 Å². The highest BCUT2D eigenvalue weighted by atomic mass is 32.1. The third-order valence-corrected chi connectivity index (χ3v) is 3.97. The van der Waals surface area contributed by atoms with Crippen LogP contribution in [0.25, 0.3) is 0 Å². The van der Waals surface area contributed by atoms with E-state index in [4.69, 9.17) is 4.74 Å². The summed E-state index contributed by atoms with van der Waals surface area (Å²) < 4.78 is 5.41. The van der Waals surface area contributed by atoms with Crippen LogP contribution in [0.3, 0.4) is 0 Å². The van der Waals surface area contributed by atoms with Gasteiger partial charge in [0, 0.05) is 19.5 Å². The summed E-state index contributed by atoms with van der Waals surface area (Å²) in [6.45, 7) is 4.33. The fraction of sp³-hybridized carbons (Fsp3) is 0.533. The predicted molar refractivity (Wildman–Crippen MR) is 79.9 cm³/mol. The van der Waals surface area contributed by atoms with Crippen molar-refractivity contribution in [3.8, 4) is 5.75 Å². The van der Waals surface area contributed by atoms with Gasteiger partial charge in [0.1, 0.15) is 5.75 Å². The van der Waals surface area contributed by atoms with Crippen molar-refractivity contribution in [3.05, 3.63) is 29.8 Å². The first-order chi connectivity index (χ1) is 9.22. The Kier molecular flexibility index (Phi) is 5.14. The van der Waals surface area contributed by atoms with Crippen LogP contribution in [-0.2, 0) is 11.2 Å². The second kappa shape index (κ2) is 6.85. The molecule has 1 aromatic carbocycles. The summed E-state index contributed by atoms with van der Waals surface area (Å²) in [6.07, 6.45) is 1.56. The van der Waals surface area contributed by atoms with Gasteiger partial charge in [0.15, 0.2) is 0 Å². The van der Waals surface area contributed by atoms with Gasteiger partial charge in [-0.15, -0.1) is 0 Å². The van der Waals surface area contributed by atoms with Gasteiger partial charge in [-0.1, -0.05) is 12.1 Å². The van der Waals surface area contributed by atoms with Gasteiger partial charge in [-0.2, -0.15) is 12.6 Å². The van der Waals surface area contributed by atoms with E-state index in [-0.39, 0.29) is 5.91 Å². The Morgan fingerprint density at radius 1 is 1.37 bits per heavy atom. The summed E-state index contributed by atoms with van der Waals surface area (Å²) in [7, 11) is 0. The van der Waals surface area contributed by atoms with E-state index >= 15 is 0 Å². The highest BCUT2D eigenvalue weighted by Crippen LogP contribution is 2.19. The Bertz CT molecular complexity index is 419. The molecule has 3 nitrogen and oxygen atoms in total. The van der Waals surface area contributed by atoms with E-state index < -0.39 is 0 Å². The minimum Gasteiger partial charge on any atom is -0.494 e. The zero-order chi connectivity index (χ0) is 13.7. The van der Waals surface area contributed by atoms with Crippen LogP contribution in [0.2, 0.25) is 0 Å². The van der Waals surface area contributed by atoms with Crippen LogP contribution in [0.4, 0.5) is 0 Å². The van der Waals surface area contributed by atoms with E-state index in [0.717, 1.165) is 31.0 Å². The summed E-state index contributed by atoms with van der Waals surface area (Å²) in [5, 5.41) is 0. The van der Waals surface area contributed by atoms with Gasteiger partial charge in [-0.05, 0) is 42.7 Å². The minimum atomic E-state index is 0.269. The molecule has 0 aromatic heterocycles. The quantitative estimate of drug-likeness (QED) is 0.810. The summed E-state index contributed by atoms with van der Waals surface area (Å²) in [4.78, 5) is 13.7. The highest BCUT2D eigenvalue weighted by molar-refractivity contribution is 7.80. The van der Waals surface area contributed by atoms with Crippen LogP contribution < -0.4 is 4.74 Å². The number of benzene rings is 1. The molecule has 1 saturated heterocycles. The van der Waals surface area contributed by atoms with E-state index in [1.807, 2.05) is 24.0 Å². The Morgan fingerprint density at radius 3 is 2.68 bits per heavy atom. The number of ether oxygens (including phenoxy) is 1. The third-order valence-electron chi connectivity index (χ3n) is 3.46. The van der Waals surface area contributed by atoms with Crippen LogP contribution in [0, 0.1) is 5.92 Å². The molecule has 104 valence electrons. The molecule has 2 rings (SSSR count). The third kappa shape index (κ3) is 3.90. The number of rotatable bonds is 6. The topological polar surface area (TPSA) is 29.5 Å². The fourth-order valence-corrected chi connectivity index (χ4v) is 2.62. The lowest BCUT2D eigenvalue weighted by atomic mass is 10.1. The Hall–Kier alpha value is -1.16. The normalized spacial score (nSPS) is 18.9. The van der Waals surface area contributed by atoms with Gasteiger partial charge in [0.05, 0.1) is 6.61 Å². The number of hydrogen-bond donors (Lipinski definition) is 1. The van der Waals surface area contributed by atoms with Crippen molar-refractivity contribution in [1.29, 1.82) is 0 Å². The van der Waals surface area contributed by atoms with Crippen molar-refractivity contribution in [2.45, 2.75) is 19.8 Å². The zero-order valence-corrected chi connectivity index (χ0v) is 12.2. The SMILES string of the molecule is CCOc1ccc(CCN2CC(CS)CC2=O)cc1. The van der Waals surface area contributed by atoms with Crippen LogP contribution in [0.5, 0.6) is 5.75 Å². The van der Waals surface area contributed by atoms with E-state index in [2.05, 4.69) is 24.8 Å². The monoisotopic (exact) mass is 279 g/mol. The Balaban J connectivity index is 1.83. The number of carbonyl (C=O) groups is 1. The molecule has 1 unspecified atom stereocenters. The number of nitrogens with zero attached hydrogens (tertiary/aromatic N) is 1. The van der Waals surface area contributed by atoms with Crippen LogP contribution >= 0.6 is 12.6 Å². The van der Waals surface area contributed by atoms with Gasteiger partial charge in [0.2, 0.25) is 5.91 Å². The van der Waals surface area contributed by atoms with Crippen LogP contribution in [0.15, 0.2) is 24.3 Å². The Morgan fingerprint density at radius 2 is 2.11 bits per heavy atom. The molecule has 0 bridgehead atoms. The van der Waals surface area contributed by atoms with E-state index in [1.54, 1.807) is 0 Å². The van der Waals surface area contributed by atoms with Crippen molar-refractivity contribution in [3.63, 3.8) is 0 Å². The molecule has 1 aliphatic rings. The molecule has 1 fully saturated rings. The summed E-state index contributed by atoms with van der Waals surface area (Å²) in [6, 6.07) is 8.12. The largest absolute Gasteiger partial charge is 0.494 e. The van der Waals surface area contributed by atoms with E-state index in [1.165, 1.54) is 5.56 Å². The molecule has 19 heavy (non-hydrogen) atoms. The maximum atomic E-state index is 11.8. The second-order valence-electron chi connectivity index (χ2n) is 4.92. The molecule has 4 heteroatoms. The molecule has 1 aromatic rings. The van der Waals surface area contributed by atoms with Crippen LogP contribution in [-0.4, -0.2) is 36.3 Å². The molecule has 0 N–H and O–H groups in total. The molecule has 1 amide bonds. The molecule has 0 spiro atoms. The average molecular weight is 279 g/mol. The number of carbonyl (C=O) groups excluding carboxylic acids is 1. The van der Waals surface area contributed by atoms with Crippen molar-refractivity contribution in [2.75, 3.05) is 25.4 Å². The summed E-state index contributed by atoms with van der Waals surface area (Å²) in [5.41, 5.74) is 1.24. The first-order valence-electron chi connectivity index (χ1n) is 6.83. The Labute approximate surface area is 120 Å². The van der Waals surface area contributed by atoms with Crippen molar-refractivity contribution >= 4 is 18.5 Å². The summed E-state index contributed by atoms with van der Waals surface area (Å²) >= 11 is 4.27. The van der Waals surface area contributed by atoms with Gasteiger partial charge < -0.3 is 9.64 Å². The van der Waals surface area contributed by atoms with Crippen molar-refractivity contribution < 1.29 is 9.53 Å². The first kappa shape index (κ1) is 14.3. The molecule has 1 heterocycles. The predicted octanol–water partition coefficient (Wildman–Crippen LogP) is 2.41. The molecule has 1 aliphatic heterocycles. The second-order valence-corrected chi connectivity index (χ2v) is 5.28. The fourth-order valence-electron chi connectivity index (χ4n) is 2.38. The van der Waals surface area contributed by atoms with Crippen molar-refractivity contribution in [2.24, 2.45) is 5.92 Å². The lowest BCUT2D eigenvalue weighted by Gasteiger charge is -2.16. The molecule has 1 atom stereocenters. The average Bonchev–Trinajstić information content (AvgIpc) is 2.79. The molecule has 0 aliphatic carbocycles. The van der Waals surface area contributed by atoms with Crippen molar-refractivity contribution in [1.82, 2.24) is 4.90 Å². The van der Waals surface area contributed by atoms with Gasteiger partial charge in [0.25, 0.3) is 0 Å². The zero-order valence-electron chi connectivity index (χ0n) is 11.3. The summed E-state index contributed by atoms with van der Waals surface area (Å²) in [5.74, 6) is 2.39. The molecule has 0 radical (unpaired) electrons. The van der Waals surface area contributed by atoms with Crippen LogP contribution in [0.1, 0.15) is 18.9 Å². The maximum absolute atomic E-state index is 11.8. The maximum Gasteiger partial charge on any atom is 0.222 e. The van der Waals surface area contributed by atoms with Gasteiger partial charge in [-0.25, -0.2) is 0 Å². The number of likely N-dealkylation sites (tertiary alicyclic amines) is 1. The first-order valence-corrected chi connectivity index (χ1v) is 7.46.